The van der Waals surface area contributed by atoms with E-state index in [-0.39, 0.29) is 29.6 Å². The second kappa shape index (κ2) is 10.3. The molecule has 1 saturated heterocycles. The van der Waals surface area contributed by atoms with E-state index >= 15 is 0 Å². The number of hydrogen-bond donors (Lipinski definition) is 2. The minimum atomic E-state index is -0.684. The van der Waals surface area contributed by atoms with Gasteiger partial charge in [0.2, 0.25) is 5.95 Å². The van der Waals surface area contributed by atoms with E-state index in [0.717, 1.165) is 16.9 Å². The summed E-state index contributed by atoms with van der Waals surface area (Å²) in [4.78, 5) is 28.3. The van der Waals surface area contributed by atoms with Crippen LogP contribution >= 0.6 is 11.6 Å². The number of amides is 1. The van der Waals surface area contributed by atoms with Crippen LogP contribution in [0.2, 0.25) is 0 Å². The Morgan fingerprint density at radius 2 is 1.85 bits per heavy atom. The summed E-state index contributed by atoms with van der Waals surface area (Å²) in [5.74, 6) is -1.30. The maximum Gasteiger partial charge on any atom is 0.253 e. The number of anilines is 2. The Labute approximate surface area is 229 Å². The number of likely N-dealkylation sites (tertiary alicyclic amines) is 1. The summed E-state index contributed by atoms with van der Waals surface area (Å²) in [6, 6.07) is 11.3. The molecule has 198 valence electrons. The molecule has 1 aliphatic carbocycles. The van der Waals surface area contributed by atoms with E-state index in [9.17, 15) is 13.6 Å². The number of rotatable bonds is 5. The van der Waals surface area contributed by atoms with E-state index < -0.39 is 11.6 Å². The number of aromatic nitrogens is 2. The van der Waals surface area contributed by atoms with Gasteiger partial charge in [0.25, 0.3) is 5.91 Å². The minimum absolute atomic E-state index is 0.000227. The first-order valence-corrected chi connectivity index (χ1v) is 13.0. The number of likely N-dealkylation sites (N-methyl/N-ethyl adjacent to an activating group) is 1. The van der Waals surface area contributed by atoms with Crippen molar-refractivity contribution in [1.29, 1.82) is 0 Å². The van der Waals surface area contributed by atoms with Gasteiger partial charge in [0.05, 0.1) is 23.5 Å². The van der Waals surface area contributed by atoms with Gasteiger partial charge in [-0.1, -0.05) is 23.7 Å². The molecule has 0 radical (unpaired) electrons. The average molecular weight is 547 g/mol. The molecule has 0 saturated carbocycles. The highest BCUT2D eigenvalue weighted by atomic mass is 35.5. The van der Waals surface area contributed by atoms with Gasteiger partial charge in [-0.25, -0.2) is 18.7 Å². The van der Waals surface area contributed by atoms with Crippen LogP contribution in [0.4, 0.5) is 20.4 Å². The number of nitrogens with zero attached hydrogens (tertiary/aromatic N) is 4. The molecule has 0 spiro atoms. The average Bonchev–Trinajstić information content (AvgIpc) is 3.05. The molecule has 1 fully saturated rings. The van der Waals surface area contributed by atoms with E-state index in [0.29, 0.717) is 47.7 Å². The molecule has 1 unspecified atom stereocenters. The van der Waals surface area contributed by atoms with Crippen molar-refractivity contribution in [3.63, 3.8) is 0 Å². The Morgan fingerprint density at radius 3 is 2.56 bits per heavy atom. The second-order valence-corrected chi connectivity index (χ2v) is 10.2. The third-order valence-corrected chi connectivity index (χ3v) is 7.55. The lowest BCUT2D eigenvalue weighted by Crippen LogP contribution is -2.58. The van der Waals surface area contributed by atoms with E-state index in [4.69, 9.17) is 16.6 Å². The molecule has 3 aliphatic rings. The van der Waals surface area contributed by atoms with Crippen LogP contribution in [0.15, 0.2) is 76.4 Å². The van der Waals surface area contributed by atoms with Gasteiger partial charge < -0.3 is 15.5 Å². The number of hydrogen-bond acceptors (Lipinski definition) is 6. The van der Waals surface area contributed by atoms with Crippen molar-refractivity contribution in [3.05, 3.63) is 105 Å². The van der Waals surface area contributed by atoms with Crippen LogP contribution in [-0.4, -0.2) is 52.7 Å². The van der Waals surface area contributed by atoms with Crippen molar-refractivity contribution in [1.82, 2.24) is 20.2 Å². The Bertz CT molecular complexity index is 1530. The fraction of sp³-hybridized carbons (Fsp3) is 0.241. The molecule has 0 bridgehead atoms. The molecular formula is C29H25ClF2N6O. The van der Waals surface area contributed by atoms with Crippen LogP contribution in [0.5, 0.6) is 0 Å². The number of halogens is 3. The highest BCUT2D eigenvalue weighted by molar-refractivity contribution is 6.32. The molecule has 2 aromatic carbocycles. The summed E-state index contributed by atoms with van der Waals surface area (Å²) in [5, 5.41) is 6.85. The highest BCUT2D eigenvalue weighted by Gasteiger charge is 2.33. The molecule has 3 heterocycles. The Hall–Kier alpha value is -3.95. The van der Waals surface area contributed by atoms with Crippen LogP contribution in [-0.2, 0) is 6.54 Å². The number of carbonyl (C=O) groups is 1. The number of fused-ring (bicyclic) bond motifs is 3. The first kappa shape index (κ1) is 25.3. The maximum atomic E-state index is 14.8. The largest absolute Gasteiger partial charge is 0.335 e. The van der Waals surface area contributed by atoms with Crippen molar-refractivity contribution in [2.75, 3.05) is 25.5 Å². The first-order valence-electron chi connectivity index (χ1n) is 12.7. The first-order chi connectivity index (χ1) is 18.9. The lowest BCUT2D eigenvalue weighted by atomic mass is 9.83. The molecule has 1 aromatic heterocycles. The van der Waals surface area contributed by atoms with Crippen molar-refractivity contribution in [2.24, 2.45) is 4.99 Å². The van der Waals surface area contributed by atoms with Gasteiger partial charge in [-0.15, -0.1) is 0 Å². The van der Waals surface area contributed by atoms with E-state index in [1.165, 1.54) is 18.2 Å². The lowest BCUT2D eigenvalue weighted by molar-refractivity contribution is 0.0577. The minimum Gasteiger partial charge on any atom is -0.335 e. The smallest absolute Gasteiger partial charge is 0.253 e. The molecule has 1 amide bonds. The molecule has 1 atom stereocenters. The number of benzene rings is 2. The fourth-order valence-electron chi connectivity index (χ4n) is 5.10. The summed E-state index contributed by atoms with van der Waals surface area (Å²) in [6.45, 7) is 1.57. The number of nitrogens with one attached hydrogen (secondary N) is 2. The maximum absolute atomic E-state index is 14.8. The molecule has 6 rings (SSSR count). The lowest BCUT2D eigenvalue weighted by Gasteiger charge is -2.39. The molecule has 7 nitrogen and oxygen atoms in total. The van der Waals surface area contributed by atoms with Gasteiger partial charge in [0.1, 0.15) is 11.6 Å². The monoisotopic (exact) mass is 546 g/mol. The third-order valence-electron chi connectivity index (χ3n) is 7.29. The summed E-state index contributed by atoms with van der Waals surface area (Å²) in [5.41, 5.74) is 3.51. The molecule has 2 aliphatic heterocycles. The number of carbonyl (C=O) groups excluding carboxylic acids is 1. The van der Waals surface area contributed by atoms with Gasteiger partial charge in [0, 0.05) is 53.1 Å². The van der Waals surface area contributed by atoms with E-state index in [2.05, 4.69) is 20.6 Å². The van der Waals surface area contributed by atoms with Crippen LogP contribution < -0.4 is 10.6 Å². The van der Waals surface area contributed by atoms with Gasteiger partial charge in [-0.05, 0) is 61.5 Å². The van der Waals surface area contributed by atoms with E-state index in [1.54, 1.807) is 29.3 Å². The molecule has 39 heavy (non-hydrogen) atoms. The van der Waals surface area contributed by atoms with Gasteiger partial charge in [-0.3, -0.25) is 9.79 Å². The second-order valence-electron chi connectivity index (χ2n) is 9.74. The zero-order valence-electron chi connectivity index (χ0n) is 21.1. The molecule has 10 heteroatoms. The quantitative estimate of drug-likeness (QED) is 0.466. The van der Waals surface area contributed by atoms with Crippen LogP contribution in [0.1, 0.15) is 39.5 Å². The summed E-state index contributed by atoms with van der Waals surface area (Å²) in [6.07, 6.45) is 5.76. The van der Waals surface area contributed by atoms with Crippen molar-refractivity contribution >= 4 is 34.9 Å². The van der Waals surface area contributed by atoms with Crippen LogP contribution in [0.25, 0.3) is 0 Å². The SMILES string of the molecule is CNC1CN(C(=O)c2ccc(Nc3ncc4c(n3)C3CC=C(Cl)C=C3C(c3c(F)cccc3F)=NC4)cc2)C1. The van der Waals surface area contributed by atoms with Crippen molar-refractivity contribution in [3.8, 4) is 0 Å². The molecular weight excluding hydrogens is 522 g/mol. The van der Waals surface area contributed by atoms with Gasteiger partial charge in [-0.2, -0.15) is 0 Å². The summed E-state index contributed by atoms with van der Waals surface area (Å²) < 4.78 is 29.6. The normalized spacial score (nSPS) is 18.6. The van der Waals surface area contributed by atoms with Gasteiger partial charge >= 0.3 is 0 Å². The Morgan fingerprint density at radius 1 is 1.10 bits per heavy atom. The Balaban J connectivity index is 1.26. The number of aliphatic imine (C=N–C) groups is 1. The standard InChI is InChI=1S/C29H25ClF2N6O/c1-33-20-14-38(15-20)28(39)16-5-8-19(9-6-16)36-29-35-13-17-12-34-27(25-23(31)3-2-4-24(25)32)22-11-18(30)7-10-21(22)26(17)37-29/h2-9,11,13,20-21,33H,10,12,14-15H2,1H3,(H,35,36,37). The molecule has 2 N–H and O–H groups in total. The van der Waals surface area contributed by atoms with Crippen molar-refractivity contribution < 1.29 is 13.6 Å². The molecule has 3 aromatic rings. The Kier molecular flexibility index (Phi) is 6.70. The number of allylic oxidation sites excluding steroid dienone is 4. The van der Waals surface area contributed by atoms with Gasteiger partial charge in [0.15, 0.2) is 0 Å². The van der Waals surface area contributed by atoms with Crippen molar-refractivity contribution in [2.45, 2.75) is 24.9 Å². The fourth-order valence-corrected chi connectivity index (χ4v) is 5.31. The van der Waals surface area contributed by atoms with Crippen LogP contribution in [0, 0.1) is 11.6 Å². The van der Waals surface area contributed by atoms with Crippen LogP contribution in [0.3, 0.4) is 0 Å². The zero-order valence-corrected chi connectivity index (χ0v) is 21.8. The van der Waals surface area contributed by atoms with E-state index in [1.807, 2.05) is 25.3 Å². The summed E-state index contributed by atoms with van der Waals surface area (Å²) >= 11 is 6.34. The summed E-state index contributed by atoms with van der Waals surface area (Å²) in [7, 11) is 1.89. The third kappa shape index (κ3) is 4.84. The predicted octanol–water partition coefficient (Wildman–Crippen LogP) is 5.08. The highest BCUT2D eigenvalue weighted by Crippen LogP contribution is 2.40. The predicted molar refractivity (Wildman–Crippen MR) is 146 cm³/mol. The topological polar surface area (TPSA) is 82.5 Å². The zero-order chi connectivity index (χ0) is 27.1.